The average molecular weight is 349 g/mol. The third-order valence-electron chi connectivity index (χ3n) is 2.89. The van der Waals surface area contributed by atoms with E-state index in [1.165, 1.54) is 13.1 Å². The highest BCUT2D eigenvalue weighted by Crippen LogP contribution is 2.27. The van der Waals surface area contributed by atoms with Crippen LogP contribution in [0, 0.1) is 13.8 Å². The van der Waals surface area contributed by atoms with E-state index >= 15 is 0 Å². The minimum atomic E-state index is -3.75. The summed E-state index contributed by atoms with van der Waals surface area (Å²) in [5, 5.41) is 7.35. The van der Waals surface area contributed by atoms with Crippen molar-refractivity contribution in [2.75, 3.05) is 12.5 Å². The lowest BCUT2D eigenvalue weighted by Gasteiger charge is -2.20. The number of nitrogens with zero attached hydrogens (tertiary/aromatic N) is 2. The smallest absolute Gasteiger partial charge is 0.263 e. The standard InChI is InChI=1S/C12H14Cl2N4O2S/c1-7-12(8(2)16-15-7)21(19,20)18(3)17-11-5-4-9(13)6-10(11)14/h4-6,17H,1-3H3,(H,15,16). The minimum absolute atomic E-state index is 0.141. The van der Waals surface area contributed by atoms with Crippen molar-refractivity contribution in [3.05, 3.63) is 39.6 Å². The molecule has 9 heteroatoms. The second-order valence-electron chi connectivity index (χ2n) is 4.47. The third kappa shape index (κ3) is 3.16. The number of H-pyrrole nitrogens is 1. The number of benzene rings is 1. The lowest BCUT2D eigenvalue weighted by molar-refractivity contribution is 0.515. The monoisotopic (exact) mass is 348 g/mol. The largest absolute Gasteiger partial charge is 0.304 e. The second-order valence-corrected chi connectivity index (χ2v) is 7.22. The normalized spacial score (nSPS) is 11.9. The van der Waals surface area contributed by atoms with Gasteiger partial charge in [-0.1, -0.05) is 23.2 Å². The Bertz CT molecular complexity index is 754. The van der Waals surface area contributed by atoms with Gasteiger partial charge in [-0.15, -0.1) is 4.41 Å². The molecule has 21 heavy (non-hydrogen) atoms. The van der Waals surface area contributed by atoms with Crippen LogP contribution in [0.3, 0.4) is 0 Å². The van der Waals surface area contributed by atoms with Gasteiger partial charge in [-0.3, -0.25) is 5.10 Å². The molecule has 1 aromatic heterocycles. The molecule has 6 nitrogen and oxygen atoms in total. The van der Waals surface area contributed by atoms with Crippen LogP contribution in [-0.4, -0.2) is 30.1 Å². The zero-order valence-corrected chi connectivity index (χ0v) is 13.9. The Balaban J connectivity index is 2.33. The van der Waals surface area contributed by atoms with Crippen LogP contribution in [0.25, 0.3) is 0 Å². The lowest BCUT2D eigenvalue weighted by atomic mass is 10.3. The molecule has 0 amide bonds. The second kappa shape index (κ2) is 5.84. The van der Waals surface area contributed by atoms with Gasteiger partial charge in [0.25, 0.3) is 10.0 Å². The van der Waals surface area contributed by atoms with Crippen molar-refractivity contribution in [3.8, 4) is 0 Å². The fourth-order valence-corrected chi connectivity index (χ4v) is 3.66. The van der Waals surface area contributed by atoms with Crippen LogP contribution in [0.4, 0.5) is 5.69 Å². The molecule has 2 N–H and O–H groups in total. The molecule has 1 heterocycles. The number of aryl methyl sites for hydroxylation is 2. The van der Waals surface area contributed by atoms with Gasteiger partial charge in [-0.05, 0) is 32.0 Å². The molecule has 0 fully saturated rings. The summed E-state index contributed by atoms with van der Waals surface area (Å²) in [7, 11) is -2.35. The van der Waals surface area contributed by atoms with E-state index in [9.17, 15) is 8.42 Å². The minimum Gasteiger partial charge on any atom is -0.304 e. The van der Waals surface area contributed by atoms with Gasteiger partial charge < -0.3 is 5.43 Å². The number of rotatable bonds is 4. The van der Waals surface area contributed by atoms with Crippen molar-refractivity contribution in [2.45, 2.75) is 18.7 Å². The molecule has 0 aliphatic carbocycles. The van der Waals surface area contributed by atoms with Gasteiger partial charge in [0, 0.05) is 12.1 Å². The number of aromatic amines is 1. The highest BCUT2D eigenvalue weighted by Gasteiger charge is 2.27. The highest BCUT2D eigenvalue weighted by molar-refractivity contribution is 7.89. The van der Waals surface area contributed by atoms with E-state index in [0.717, 1.165) is 4.41 Å². The summed E-state index contributed by atoms with van der Waals surface area (Å²) < 4.78 is 26.1. The van der Waals surface area contributed by atoms with Crippen LogP contribution in [0.5, 0.6) is 0 Å². The van der Waals surface area contributed by atoms with Crippen LogP contribution in [-0.2, 0) is 10.0 Å². The summed E-state index contributed by atoms with van der Waals surface area (Å²) in [6, 6.07) is 4.75. The molecule has 2 aromatic rings. The first-order valence-corrected chi connectivity index (χ1v) is 8.15. The third-order valence-corrected chi connectivity index (χ3v) is 5.37. The average Bonchev–Trinajstić information content (AvgIpc) is 2.72. The number of hydrogen-bond acceptors (Lipinski definition) is 4. The maximum absolute atomic E-state index is 12.6. The molecule has 0 radical (unpaired) electrons. The fourth-order valence-electron chi connectivity index (χ4n) is 1.87. The van der Waals surface area contributed by atoms with Crippen molar-refractivity contribution in [2.24, 2.45) is 0 Å². The molecule has 2 rings (SSSR count). The molecule has 0 bridgehead atoms. The van der Waals surface area contributed by atoms with Crippen molar-refractivity contribution in [1.82, 2.24) is 14.6 Å². The van der Waals surface area contributed by atoms with Gasteiger partial charge in [-0.2, -0.15) is 5.10 Å². The number of halogens is 2. The Morgan fingerprint density at radius 1 is 1.29 bits per heavy atom. The molecular weight excluding hydrogens is 335 g/mol. The number of sulfonamides is 1. The molecular formula is C12H14Cl2N4O2S. The molecule has 0 saturated carbocycles. The maximum atomic E-state index is 12.6. The highest BCUT2D eigenvalue weighted by atomic mass is 35.5. The van der Waals surface area contributed by atoms with Crippen LogP contribution in [0.1, 0.15) is 11.4 Å². The molecule has 0 saturated heterocycles. The Labute approximate surface area is 133 Å². The van der Waals surface area contributed by atoms with Crippen LogP contribution >= 0.6 is 23.2 Å². The molecule has 1 aromatic carbocycles. The molecule has 0 spiro atoms. The van der Waals surface area contributed by atoms with Crippen molar-refractivity contribution in [3.63, 3.8) is 0 Å². The fraction of sp³-hybridized carbons (Fsp3) is 0.250. The van der Waals surface area contributed by atoms with Crippen molar-refractivity contribution in [1.29, 1.82) is 0 Å². The van der Waals surface area contributed by atoms with Gasteiger partial charge in [0.15, 0.2) is 0 Å². The summed E-state index contributed by atoms with van der Waals surface area (Å²) in [6.07, 6.45) is 0. The molecule has 0 aliphatic rings. The van der Waals surface area contributed by atoms with Gasteiger partial charge in [0.1, 0.15) is 4.90 Å². The predicted octanol–water partition coefficient (Wildman–Crippen LogP) is 2.98. The van der Waals surface area contributed by atoms with E-state index in [0.29, 0.717) is 27.1 Å². The van der Waals surface area contributed by atoms with Gasteiger partial charge in [0.2, 0.25) is 0 Å². The summed E-state index contributed by atoms with van der Waals surface area (Å²) in [5.41, 5.74) is 4.05. The summed E-state index contributed by atoms with van der Waals surface area (Å²) in [4.78, 5) is 0.141. The molecule has 0 unspecified atom stereocenters. The first-order chi connectivity index (χ1) is 9.73. The molecule has 0 atom stereocenters. The first-order valence-electron chi connectivity index (χ1n) is 5.95. The van der Waals surface area contributed by atoms with Crippen molar-refractivity contribution < 1.29 is 8.42 Å². The van der Waals surface area contributed by atoms with Crippen LogP contribution in [0.2, 0.25) is 10.0 Å². The number of nitrogens with one attached hydrogen (secondary N) is 2. The lowest BCUT2D eigenvalue weighted by Crippen LogP contribution is -2.33. The molecule has 114 valence electrons. The predicted molar refractivity (Wildman–Crippen MR) is 83.1 cm³/mol. The SMILES string of the molecule is Cc1n[nH]c(C)c1S(=O)(=O)N(C)Nc1ccc(Cl)cc1Cl. The Morgan fingerprint density at radius 2 is 1.95 bits per heavy atom. The Hall–Kier alpha value is -1.28. The van der Waals surface area contributed by atoms with Gasteiger partial charge in [-0.25, -0.2) is 8.42 Å². The van der Waals surface area contributed by atoms with E-state index in [2.05, 4.69) is 15.6 Å². The Kier molecular flexibility index (Phi) is 4.48. The van der Waals surface area contributed by atoms with E-state index in [4.69, 9.17) is 23.2 Å². The number of anilines is 1. The van der Waals surface area contributed by atoms with E-state index in [1.807, 2.05) is 0 Å². The maximum Gasteiger partial charge on any atom is 0.263 e. The van der Waals surface area contributed by atoms with Gasteiger partial charge >= 0.3 is 0 Å². The zero-order chi connectivity index (χ0) is 15.8. The van der Waals surface area contributed by atoms with E-state index < -0.39 is 10.0 Å². The number of hydrazine groups is 1. The number of hydrogen-bond donors (Lipinski definition) is 2. The summed E-state index contributed by atoms with van der Waals surface area (Å²) >= 11 is 11.8. The summed E-state index contributed by atoms with van der Waals surface area (Å²) in [6.45, 7) is 3.27. The zero-order valence-electron chi connectivity index (χ0n) is 11.6. The topological polar surface area (TPSA) is 78.1 Å². The Morgan fingerprint density at radius 3 is 2.48 bits per heavy atom. The van der Waals surface area contributed by atoms with E-state index in [-0.39, 0.29) is 4.90 Å². The summed E-state index contributed by atoms with van der Waals surface area (Å²) in [5.74, 6) is 0. The van der Waals surface area contributed by atoms with Crippen LogP contribution in [0.15, 0.2) is 23.1 Å². The van der Waals surface area contributed by atoms with Crippen molar-refractivity contribution >= 4 is 38.9 Å². The quantitative estimate of drug-likeness (QED) is 0.832. The first kappa shape index (κ1) is 16.1. The molecule has 0 aliphatic heterocycles. The number of aromatic nitrogens is 2. The van der Waals surface area contributed by atoms with E-state index in [1.54, 1.807) is 26.0 Å². The van der Waals surface area contributed by atoms with Gasteiger partial charge in [0.05, 0.1) is 22.1 Å². The van der Waals surface area contributed by atoms with Crippen LogP contribution < -0.4 is 5.43 Å².